The molecule has 1 aliphatic carbocycles. The second kappa shape index (κ2) is 5.92. The molecule has 0 saturated carbocycles. The Balaban J connectivity index is 1.70. The zero-order chi connectivity index (χ0) is 16.8. The van der Waals surface area contributed by atoms with Crippen LogP contribution < -0.4 is 0 Å². The topological polar surface area (TPSA) is 39.3 Å². The van der Waals surface area contributed by atoms with Crippen molar-refractivity contribution in [3.05, 3.63) is 35.5 Å². The van der Waals surface area contributed by atoms with Crippen LogP contribution in [0.25, 0.3) is 10.9 Å². The Morgan fingerprint density at radius 2 is 2.12 bits per heavy atom. The van der Waals surface area contributed by atoms with Crippen molar-refractivity contribution >= 4 is 16.8 Å². The number of carbonyl (C=O) groups excluding carboxylic acids is 1. The highest BCUT2D eigenvalue weighted by atomic mass is 16.2. The molecule has 1 fully saturated rings. The van der Waals surface area contributed by atoms with Gasteiger partial charge >= 0.3 is 0 Å². The number of likely N-dealkylation sites (N-methyl/N-ethyl adjacent to an activating group) is 1. The third kappa shape index (κ3) is 2.27. The minimum absolute atomic E-state index is 0.117. The van der Waals surface area contributed by atoms with Crippen molar-refractivity contribution < 1.29 is 4.79 Å². The number of piperidine rings is 1. The number of hydrogen-bond acceptors (Lipinski definition) is 2. The molecule has 1 aliphatic heterocycles. The number of aromatic amines is 1. The lowest BCUT2D eigenvalue weighted by Gasteiger charge is -2.45. The number of aromatic nitrogens is 1. The summed E-state index contributed by atoms with van der Waals surface area (Å²) in [5.74, 6) is 0.907. The van der Waals surface area contributed by atoms with Gasteiger partial charge in [-0.15, -0.1) is 0 Å². The van der Waals surface area contributed by atoms with Crippen molar-refractivity contribution in [1.82, 2.24) is 14.8 Å². The fraction of sp³-hybridized carbons (Fsp3) is 0.550. The van der Waals surface area contributed by atoms with Crippen molar-refractivity contribution in [3.63, 3.8) is 0 Å². The van der Waals surface area contributed by atoms with E-state index in [-0.39, 0.29) is 5.92 Å². The first-order valence-electron chi connectivity index (χ1n) is 9.21. The summed E-state index contributed by atoms with van der Waals surface area (Å²) in [5.41, 5.74) is 4.10. The SMILES string of the molecule is CCN(CC)C(=O)[C@@H]1C[C@@H]2c3cccc4[nH]cc(c34)C[C@H]2N(C)C1. The van der Waals surface area contributed by atoms with Crippen LogP contribution in [0.1, 0.15) is 37.3 Å². The van der Waals surface area contributed by atoms with Gasteiger partial charge in [-0.2, -0.15) is 0 Å². The quantitative estimate of drug-likeness (QED) is 0.942. The van der Waals surface area contributed by atoms with Crippen LogP contribution in [-0.4, -0.2) is 53.4 Å². The van der Waals surface area contributed by atoms with Crippen LogP contribution in [0, 0.1) is 5.92 Å². The summed E-state index contributed by atoms with van der Waals surface area (Å²) in [6, 6.07) is 7.10. The predicted octanol–water partition coefficient (Wildman–Crippen LogP) is 3.00. The summed E-state index contributed by atoms with van der Waals surface area (Å²) < 4.78 is 0. The van der Waals surface area contributed by atoms with Crippen molar-refractivity contribution in [2.24, 2.45) is 5.92 Å². The number of fused-ring (bicyclic) bond motifs is 2. The van der Waals surface area contributed by atoms with E-state index in [1.54, 1.807) is 0 Å². The van der Waals surface area contributed by atoms with Crippen LogP contribution in [0.3, 0.4) is 0 Å². The summed E-state index contributed by atoms with van der Waals surface area (Å²) in [6.07, 6.45) is 4.24. The van der Waals surface area contributed by atoms with E-state index in [2.05, 4.69) is 55.2 Å². The second-order valence-corrected chi connectivity index (χ2v) is 7.34. The van der Waals surface area contributed by atoms with Crippen molar-refractivity contribution in [3.8, 4) is 0 Å². The number of nitrogens with one attached hydrogen (secondary N) is 1. The fourth-order valence-corrected chi connectivity index (χ4v) is 4.91. The molecule has 3 atom stereocenters. The standard InChI is InChI=1S/C20H27N3O/c1-4-23(5-2)20(24)14-9-16-15-7-6-8-17-19(15)13(11-21-17)10-18(16)22(3)12-14/h6-8,11,14,16,18,21H,4-5,9-10,12H2,1-3H3/t14-,16-,18-/m1/s1. The maximum Gasteiger partial charge on any atom is 0.226 e. The molecular formula is C20H27N3O. The molecule has 1 amide bonds. The number of H-pyrrole nitrogens is 1. The molecule has 1 aromatic carbocycles. The van der Waals surface area contributed by atoms with E-state index in [1.165, 1.54) is 22.0 Å². The average Bonchev–Trinajstić information content (AvgIpc) is 3.01. The summed E-state index contributed by atoms with van der Waals surface area (Å²) >= 11 is 0. The van der Waals surface area contributed by atoms with Gasteiger partial charge in [-0.25, -0.2) is 0 Å². The first kappa shape index (κ1) is 15.7. The normalized spacial score (nSPS) is 26.4. The zero-order valence-electron chi connectivity index (χ0n) is 14.9. The Morgan fingerprint density at radius 3 is 2.88 bits per heavy atom. The van der Waals surface area contributed by atoms with Gasteiger partial charge in [0, 0.05) is 48.7 Å². The van der Waals surface area contributed by atoms with E-state index in [1.807, 2.05) is 4.90 Å². The molecule has 4 rings (SSSR count). The number of hydrogen-bond donors (Lipinski definition) is 1. The third-order valence-electron chi connectivity index (χ3n) is 6.15. The van der Waals surface area contributed by atoms with Gasteiger partial charge < -0.3 is 14.8 Å². The molecule has 1 N–H and O–H groups in total. The molecule has 0 unspecified atom stereocenters. The average molecular weight is 325 g/mol. The predicted molar refractivity (Wildman–Crippen MR) is 97.2 cm³/mol. The van der Waals surface area contributed by atoms with Crippen molar-refractivity contribution in [2.75, 3.05) is 26.7 Å². The van der Waals surface area contributed by atoms with Gasteiger partial charge in [0.2, 0.25) is 5.91 Å². The van der Waals surface area contributed by atoms with Crippen LogP contribution in [0.4, 0.5) is 0 Å². The van der Waals surface area contributed by atoms with Gasteiger partial charge in [0.05, 0.1) is 5.92 Å². The molecule has 0 spiro atoms. The number of carbonyl (C=O) groups is 1. The number of nitrogens with zero attached hydrogens (tertiary/aromatic N) is 2. The van der Waals surface area contributed by atoms with Crippen LogP contribution in [0.2, 0.25) is 0 Å². The molecule has 128 valence electrons. The number of benzene rings is 1. The molecule has 1 aromatic heterocycles. The van der Waals surface area contributed by atoms with E-state index >= 15 is 0 Å². The van der Waals surface area contributed by atoms with E-state index in [0.29, 0.717) is 17.9 Å². The second-order valence-electron chi connectivity index (χ2n) is 7.34. The Hall–Kier alpha value is -1.81. The molecule has 4 heteroatoms. The van der Waals surface area contributed by atoms with Gasteiger partial charge in [-0.3, -0.25) is 4.79 Å². The molecule has 2 aromatic rings. The van der Waals surface area contributed by atoms with E-state index in [4.69, 9.17) is 0 Å². The zero-order valence-corrected chi connectivity index (χ0v) is 14.9. The first-order valence-corrected chi connectivity index (χ1v) is 9.21. The van der Waals surface area contributed by atoms with Crippen LogP contribution in [-0.2, 0) is 11.2 Å². The van der Waals surface area contributed by atoms with Gasteiger partial charge in [0.25, 0.3) is 0 Å². The fourth-order valence-electron chi connectivity index (χ4n) is 4.91. The highest BCUT2D eigenvalue weighted by molar-refractivity contribution is 5.88. The lowest BCUT2D eigenvalue weighted by atomic mass is 9.72. The van der Waals surface area contributed by atoms with Crippen LogP contribution in [0.15, 0.2) is 24.4 Å². The Kier molecular flexibility index (Phi) is 3.87. The molecular weight excluding hydrogens is 298 g/mol. The van der Waals surface area contributed by atoms with Gasteiger partial charge in [-0.05, 0) is 50.9 Å². The lowest BCUT2D eigenvalue weighted by molar-refractivity contribution is -0.137. The molecule has 0 radical (unpaired) electrons. The van der Waals surface area contributed by atoms with Crippen LogP contribution in [0.5, 0.6) is 0 Å². The summed E-state index contributed by atoms with van der Waals surface area (Å²) in [6.45, 7) is 6.64. The van der Waals surface area contributed by atoms with Gasteiger partial charge in [0.1, 0.15) is 0 Å². The van der Waals surface area contributed by atoms with E-state index in [0.717, 1.165) is 32.5 Å². The number of amides is 1. The third-order valence-corrected chi connectivity index (χ3v) is 6.15. The highest BCUT2D eigenvalue weighted by Crippen LogP contribution is 2.44. The Bertz CT molecular complexity index is 761. The smallest absolute Gasteiger partial charge is 0.226 e. The van der Waals surface area contributed by atoms with Gasteiger partial charge in [0.15, 0.2) is 0 Å². The van der Waals surface area contributed by atoms with E-state index < -0.39 is 0 Å². The molecule has 2 aliphatic rings. The summed E-state index contributed by atoms with van der Waals surface area (Å²) in [5, 5.41) is 1.41. The lowest BCUT2D eigenvalue weighted by Crippen LogP contribution is -2.52. The van der Waals surface area contributed by atoms with Crippen LogP contribution >= 0.6 is 0 Å². The summed E-state index contributed by atoms with van der Waals surface area (Å²) in [4.78, 5) is 20.7. The Morgan fingerprint density at radius 1 is 1.33 bits per heavy atom. The number of likely N-dealkylation sites (tertiary alicyclic amines) is 1. The maximum absolute atomic E-state index is 12.9. The minimum atomic E-state index is 0.117. The summed E-state index contributed by atoms with van der Waals surface area (Å²) in [7, 11) is 2.19. The molecule has 0 bridgehead atoms. The molecule has 4 nitrogen and oxygen atoms in total. The maximum atomic E-state index is 12.9. The molecule has 24 heavy (non-hydrogen) atoms. The highest BCUT2D eigenvalue weighted by Gasteiger charge is 2.41. The first-order chi connectivity index (χ1) is 11.6. The molecule has 2 heterocycles. The molecule has 1 saturated heterocycles. The monoisotopic (exact) mass is 325 g/mol. The largest absolute Gasteiger partial charge is 0.361 e. The van der Waals surface area contributed by atoms with Crippen molar-refractivity contribution in [1.29, 1.82) is 0 Å². The van der Waals surface area contributed by atoms with Gasteiger partial charge in [-0.1, -0.05) is 12.1 Å². The number of rotatable bonds is 3. The van der Waals surface area contributed by atoms with Crippen molar-refractivity contribution in [2.45, 2.75) is 38.6 Å². The minimum Gasteiger partial charge on any atom is -0.361 e. The Labute approximate surface area is 143 Å². The van der Waals surface area contributed by atoms with E-state index in [9.17, 15) is 4.79 Å².